The van der Waals surface area contributed by atoms with E-state index < -0.39 is 0 Å². The molecule has 0 radical (unpaired) electrons. The quantitative estimate of drug-likeness (QED) is 0.488. The zero-order valence-electron chi connectivity index (χ0n) is 17.7. The van der Waals surface area contributed by atoms with E-state index in [2.05, 4.69) is 73.2 Å². The number of nitrogens with zero attached hydrogens (tertiary/aromatic N) is 6. The molecule has 0 unspecified atom stereocenters. The van der Waals surface area contributed by atoms with Crippen molar-refractivity contribution in [3.05, 3.63) is 69.9 Å². The molecule has 3 heterocycles. The lowest BCUT2D eigenvalue weighted by Crippen LogP contribution is -2.52. The van der Waals surface area contributed by atoms with E-state index in [0.29, 0.717) is 6.54 Å². The molecule has 8 heteroatoms. The molecular formula is C22H29N7S. The maximum atomic E-state index is 4.89. The number of benzene rings is 1. The molecule has 0 aliphatic carbocycles. The number of nitrogens with one attached hydrogen (secondary N) is 1. The minimum absolute atomic E-state index is 0.522. The lowest BCUT2D eigenvalue weighted by molar-refractivity contribution is 0.172. The Labute approximate surface area is 182 Å². The molecule has 4 rings (SSSR count). The van der Waals surface area contributed by atoms with Gasteiger partial charge in [0.25, 0.3) is 0 Å². The Bertz CT molecular complexity index is 941. The highest BCUT2D eigenvalue weighted by atomic mass is 32.1. The van der Waals surface area contributed by atoms with Crippen molar-refractivity contribution in [3.63, 3.8) is 0 Å². The number of piperazine rings is 1. The van der Waals surface area contributed by atoms with Gasteiger partial charge in [0.1, 0.15) is 12.4 Å². The Morgan fingerprint density at radius 3 is 2.53 bits per heavy atom. The van der Waals surface area contributed by atoms with Gasteiger partial charge in [0.05, 0.1) is 6.54 Å². The molecule has 1 aliphatic rings. The normalized spacial score (nSPS) is 15.5. The molecule has 1 aromatic carbocycles. The van der Waals surface area contributed by atoms with Crippen molar-refractivity contribution in [3.8, 4) is 0 Å². The molecule has 30 heavy (non-hydrogen) atoms. The lowest BCUT2D eigenvalue weighted by Gasteiger charge is -2.36. The monoisotopic (exact) mass is 423 g/mol. The summed E-state index contributed by atoms with van der Waals surface area (Å²) in [5, 5.41) is 14.1. The van der Waals surface area contributed by atoms with Crippen LogP contribution < -0.4 is 5.32 Å². The summed E-state index contributed by atoms with van der Waals surface area (Å²) in [4.78, 5) is 11.1. The van der Waals surface area contributed by atoms with E-state index in [9.17, 15) is 0 Å². The van der Waals surface area contributed by atoms with Gasteiger partial charge in [-0.2, -0.15) is 0 Å². The predicted octanol–water partition coefficient (Wildman–Crippen LogP) is 2.65. The third-order valence-corrected chi connectivity index (χ3v) is 6.35. The second-order valence-electron chi connectivity index (χ2n) is 7.54. The van der Waals surface area contributed by atoms with Gasteiger partial charge in [-0.1, -0.05) is 36.4 Å². The van der Waals surface area contributed by atoms with Crippen LogP contribution in [0, 0.1) is 6.92 Å². The van der Waals surface area contributed by atoms with Crippen LogP contribution in [-0.4, -0.2) is 56.7 Å². The molecule has 1 N–H and O–H groups in total. The highest BCUT2D eigenvalue weighted by Gasteiger charge is 2.20. The van der Waals surface area contributed by atoms with Crippen LogP contribution in [-0.2, 0) is 26.7 Å². The van der Waals surface area contributed by atoms with Gasteiger partial charge in [-0.15, -0.1) is 21.5 Å². The van der Waals surface area contributed by atoms with E-state index in [1.807, 2.05) is 18.5 Å². The summed E-state index contributed by atoms with van der Waals surface area (Å²) in [7, 11) is 1.99. The molecule has 3 aromatic rings. The van der Waals surface area contributed by atoms with Gasteiger partial charge in [-0.25, -0.2) is 4.99 Å². The fourth-order valence-electron chi connectivity index (χ4n) is 3.54. The highest BCUT2D eigenvalue weighted by molar-refractivity contribution is 7.09. The predicted molar refractivity (Wildman–Crippen MR) is 121 cm³/mol. The summed E-state index contributed by atoms with van der Waals surface area (Å²) in [5.41, 5.74) is 1.37. The van der Waals surface area contributed by atoms with Gasteiger partial charge in [0.15, 0.2) is 11.8 Å². The Morgan fingerprint density at radius 2 is 1.87 bits per heavy atom. The fourth-order valence-corrected chi connectivity index (χ4v) is 4.19. The lowest BCUT2D eigenvalue weighted by atomic mass is 10.2. The molecule has 0 bridgehead atoms. The summed E-state index contributed by atoms with van der Waals surface area (Å²) in [6, 6.07) is 14.9. The standard InChI is InChI=1S/C22H29N7S/c1-18-25-26-21(27(18)2)16-24-22(23-15-20-9-6-14-30-20)29-12-10-28(11-13-29)17-19-7-4-3-5-8-19/h3-9,14H,10-13,15-17H2,1-2H3,(H,23,24). The molecule has 1 aliphatic heterocycles. The number of thiophene rings is 1. The number of guanidine groups is 1. The molecule has 1 fully saturated rings. The summed E-state index contributed by atoms with van der Waals surface area (Å²) in [6.45, 7) is 8.24. The molecule has 0 saturated carbocycles. The van der Waals surface area contributed by atoms with E-state index in [1.165, 1.54) is 10.4 Å². The first kappa shape index (κ1) is 20.6. The van der Waals surface area contributed by atoms with Crippen molar-refractivity contribution in [2.75, 3.05) is 26.2 Å². The van der Waals surface area contributed by atoms with Crippen molar-refractivity contribution in [2.24, 2.45) is 12.0 Å². The summed E-state index contributed by atoms with van der Waals surface area (Å²) < 4.78 is 2.00. The Morgan fingerprint density at radius 1 is 1.07 bits per heavy atom. The SMILES string of the molecule is Cc1nnc(CN=C(NCc2cccs2)N2CCN(Cc3ccccc3)CC2)n1C. The van der Waals surface area contributed by atoms with Crippen LogP contribution in [0.25, 0.3) is 0 Å². The largest absolute Gasteiger partial charge is 0.351 e. The van der Waals surface area contributed by atoms with Crippen LogP contribution in [0.15, 0.2) is 52.8 Å². The first-order valence-electron chi connectivity index (χ1n) is 10.4. The van der Waals surface area contributed by atoms with Crippen molar-refractivity contribution < 1.29 is 0 Å². The van der Waals surface area contributed by atoms with Gasteiger partial charge in [0, 0.05) is 44.6 Å². The first-order chi connectivity index (χ1) is 14.7. The minimum atomic E-state index is 0.522. The van der Waals surface area contributed by atoms with Crippen LogP contribution in [0.1, 0.15) is 22.1 Å². The van der Waals surface area contributed by atoms with Crippen LogP contribution in [0.2, 0.25) is 0 Å². The summed E-state index contributed by atoms with van der Waals surface area (Å²) >= 11 is 1.76. The van der Waals surface area contributed by atoms with Crippen LogP contribution in [0.5, 0.6) is 0 Å². The second kappa shape index (κ2) is 9.86. The smallest absolute Gasteiger partial charge is 0.194 e. The van der Waals surface area contributed by atoms with E-state index >= 15 is 0 Å². The van der Waals surface area contributed by atoms with Gasteiger partial charge in [-0.05, 0) is 23.9 Å². The number of aromatic nitrogens is 3. The number of aliphatic imine (C=N–C) groups is 1. The van der Waals surface area contributed by atoms with E-state index in [4.69, 9.17) is 4.99 Å². The molecule has 1 saturated heterocycles. The number of hydrogen-bond acceptors (Lipinski definition) is 5. The van der Waals surface area contributed by atoms with Gasteiger partial charge in [-0.3, -0.25) is 4.90 Å². The molecule has 0 amide bonds. The van der Waals surface area contributed by atoms with Crippen molar-refractivity contribution in [2.45, 2.75) is 26.6 Å². The number of hydrogen-bond donors (Lipinski definition) is 1. The van der Waals surface area contributed by atoms with Gasteiger partial charge in [0.2, 0.25) is 0 Å². The maximum absolute atomic E-state index is 4.89. The number of rotatable bonds is 6. The van der Waals surface area contributed by atoms with Crippen LogP contribution in [0.4, 0.5) is 0 Å². The molecule has 0 atom stereocenters. The van der Waals surface area contributed by atoms with Crippen LogP contribution >= 0.6 is 11.3 Å². The summed E-state index contributed by atoms with van der Waals surface area (Å²) in [5.74, 6) is 2.73. The topological polar surface area (TPSA) is 61.6 Å². The maximum Gasteiger partial charge on any atom is 0.194 e. The van der Waals surface area contributed by atoms with Crippen molar-refractivity contribution in [1.29, 1.82) is 0 Å². The van der Waals surface area contributed by atoms with Gasteiger partial charge < -0.3 is 14.8 Å². The average Bonchev–Trinajstić information content (AvgIpc) is 3.40. The third-order valence-electron chi connectivity index (χ3n) is 5.47. The Kier molecular flexibility index (Phi) is 6.76. The van der Waals surface area contributed by atoms with Crippen molar-refractivity contribution >= 4 is 17.3 Å². The summed E-state index contributed by atoms with van der Waals surface area (Å²) in [6.07, 6.45) is 0. The third kappa shape index (κ3) is 5.25. The van der Waals surface area contributed by atoms with E-state index in [0.717, 1.165) is 56.9 Å². The van der Waals surface area contributed by atoms with E-state index in [-0.39, 0.29) is 0 Å². The van der Waals surface area contributed by atoms with E-state index in [1.54, 1.807) is 11.3 Å². The van der Waals surface area contributed by atoms with Crippen molar-refractivity contribution in [1.82, 2.24) is 29.9 Å². The Balaban J connectivity index is 1.40. The van der Waals surface area contributed by atoms with Crippen LogP contribution in [0.3, 0.4) is 0 Å². The fraction of sp³-hybridized carbons (Fsp3) is 0.409. The molecule has 7 nitrogen and oxygen atoms in total. The van der Waals surface area contributed by atoms with Gasteiger partial charge >= 0.3 is 0 Å². The zero-order valence-corrected chi connectivity index (χ0v) is 18.5. The average molecular weight is 424 g/mol. The molecule has 2 aromatic heterocycles. The zero-order chi connectivity index (χ0) is 20.8. The number of aryl methyl sites for hydroxylation is 1. The molecule has 158 valence electrons. The highest BCUT2D eigenvalue weighted by Crippen LogP contribution is 2.11. The minimum Gasteiger partial charge on any atom is -0.351 e. The first-order valence-corrected chi connectivity index (χ1v) is 11.2. The molecular weight excluding hydrogens is 394 g/mol. The second-order valence-corrected chi connectivity index (χ2v) is 8.58. The Hall–Kier alpha value is -2.71. The molecule has 0 spiro atoms.